The molecule has 0 fully saturated rings. The Morgan fingerprint density at radius 2 is 1.94 bits per heavy atom. The summed E-state index contributed by atoms with van der Waals surface area (Å²) in [5.74, 6) is -3.25. The maximum absolute atomic E-state index is 14.8. The number of halogens is 4. The molecule has 2 aromatic carbocycles. The zero-order valence-electron chi connectivity index (χ0n) is 17.1. The number of amides is 1. The molecule has 2 heterocycles. The second kappa shape index (κ2) is 8.62. The number of rotatable bonds is 5. The molecule has 10 heteroatoms. The van der Waals surface area contributed by atoms with Crippen molar-refractivity contribution in [2.75, 3.05) is 19.8 Å². The lowest BCUT2D eigenvalue weighted by Crippen LogP contribution is -2.44. The van der Waals surface area contributed by atoms with Crippen molar-refractivity contribution >= 4 is 5.91 Å². The van der Waals surface area contributed by atoms with Gasteiger partial charge in [-0.25, -0.2) is 17.6 Å². The van der Waals surface area contributed by atoms with E-state index in [0.29, 0.717) is 28.9 Å². The molecule has 0 bridgehead atoms. The van der Waals surface area contributed by atoms with Gasteiger partial charge in [-0.05, 0) is 30.7 Å². The highest BCUT2D eigenvalue weighted by atomic mass is 19.1. The second-order valence-electron chi connectivity index (χ2n) is 7.34. The molecular formula is C22H20F4N4O2. The van der Waals surface area contributed by atoms with Crippen LogP contribution in [0, 0.1) is 17.5 Å². The minimum absolute atomic E-state index is 0.137. The van der Waals surface area contributed by atoms with Gasteiger partial charge in [0, 0.05) is 30.8 Å². The van der Waals surface area contributed by atoms with Crippen LogP contribution in [0.3, 0.4) is 0 Å². The fourth-order valence-electron chi connectivity index (χ4n) is 3.96. The fraction of sp³-hybridized carbons (Fsp3) is 0.273. The highest BCUT2D eigenvalue weighted by molar-refractivity contribution is 5.95. The Balaban J connectivity index is 1.67. The number of alkyl halides is 1. The van der Waals surface area contributed by atoms with Crippen LogP contribution in [0.4, 0.5) is 17.6 Å². The van der Waals surface area contributed by atoms with Crippen molar-refractivity contribution in [1.29, 1.82) is 0 Å². The van der Waals surface area contributed by atoms with Crippen LogP contribution in [0.2, 0.25) is 0 Å². The van der Waals surface area contributed by atoms with Gasteiger partial charge >= 0.3 is 0 Å². The molecule has 2 N–H and O–H groups in total. The third-order valence-electron chi connectivity index (χ3n) is 5.32. The molecule has 0 aliphatic carbocycles. The van der Waals surface area contributed by atoms with E-state index < -0.39 is 36.2 Å². The number of carbonyl (C=O) groups is 1. The molecule has 1 aliphatic rings. The number of benzene rings is 2. The first-order chi connectivity index (χ1) is 15.3. The van der Waals surface area contributed by atoms with Crippen LogP contribution >= 0.6 is 0 Å². The lowest BCUT2D eigenvalue weighted by molar-refractivity contribution is 0.0656. The quantitative estimate of drug-likeness (QED) is 0.607. The minimum atomic E-state index is -1.00. The molecule has 0 saturated carbocycles. The van der Waals surface area contributed by atoms with Gasteiger partial charge in [0.05, 0.1) is 11.3 Å². The lowest BCUT2D eigenvalue weighted by atomic mass is 9.97. The van der Waals surface area contributed by atoms with Gasteiger partial charge in [-0.3, -0.25) is 9.48 Å². The van der Waals surface area contributed by atoms with Crippen LogP contribution in [-0.2, 0) is 13.5 Å². The van der Waals surface area contributed by atoms with E-state index in [1.807, 2.05) is 0 Å². The maximum atomic E-state index is 14.8. The van der Waals surface area contributed by atoms with E-state index in [0.717, 1.165) is 6.07 Å². The fourth-order valence-corrected chi connectivity index (χ4v) is 3.96. The first kappa shape index (κ1) is 21.8. The van der Waals surface area contributed by atoms with Gasteiger partial charge in [0.2, 0.25) is 0 Å². The summed E-state index contributed by atoms with van der Waals surface area (Å²) in [4.78, 5) is 14.3. The summed E-state index contributed by atoms with van der Waals surface area (Å²) in [6, 6.07) is 7.20. The Hall–Kier alpha value is -3.40. The number of hydrogen-bond donors (Lipinski definition) is 1. The molecule has 1 aromatic heterocycles. The first-order valence-corrected chi connectivity index (χ1v) is 9.88. The molecule has 3 aromatic rings. The van der Waals surface area contributed by atoms with Crippen LogP contribution in [0.1, 0.15) is 27.8 Å². The van der Waals surface area contributed by atoms with Gasteiger partial charge in [-0.15, -0.1) is 0 Å². The number of nitrogens with zero attached hydrogens (tertiary/aromatic N) is 3. The number of aromatic nitrogens is 2. The summed E-state index contributed by atoms with van der Waals surface area (Å²) in [5, 5.41) is 4.37. The zero-order chi connectivity index (χ0) is 23.0. The molecule has 6 nitrogen and oxygen atoms in total. The molecule has 0 radical (unpaired) electrons. The number of ether oxygens (including phenoxy) is 1. The standard InChI is InChI=1S/C22H20F4N4O2/c1-29-20(12-9-13(24)11-14(25)10-12)16-5-7-30(21(27)19(16)28-29)22(31)15-3-2-4-17(18(15)26)32-8-6-23/h2-4,9-11,21H,5-8,27H2,1H3/t21-/m1/s1. The monoisotopic (exact) mass is 448 g/mol. The average Bonchev–Trinajstić information content (AvgIpc) is 3.09. The van der Waals surface area contributed by atoms with Crippen molar-refractivity contribution in [3.63, 3.8) is 0 Å². The number of aryl methyl sites for hydroxylation is 1. The number of fused-ring (bicyclic) bond motifs is 1. The average molecular weight is 448 g/mol. The van der Waals surface area contributed by atoms with E-state index in [1.54, 1.807) is 7.05 Å². The summed E-state index contributed by atoms with van der Waals surface area (Å²) in [5.41, 5.74) is 7.85. The Kier molecular flexibility index (Phi) is 5.88. The van der Waals surface area contributed by atoms with Gasteiger partial charge in [-0.2, -0.15) is 5.10 Å². The van der Waals surface area contributed by atoms with E-state index in [1.165, 1.54) is 39.9 Å². The molecule has 1 atom stereocenters. The predicted molar refractivity (Wildman–Crippen MR) is 108 cm³/mol. The minimum Gasteiger partial charge on any atom is -0.488 e. The number of nitrogens with two attached hydrogens (primary N) is 1. The predicted octanol–water partition coefficient (Wildman–Crippen LogP) is 3.51. The highest BCUT2D eigenvalue weighted by Gasteiger charge is 2.35. The van der Waals surface area contributed by atoms with Crippen molar-refractivity contribution in [3.8, 4) is 17.0 Å². The van der Waals surface area contributed by atoms with Gasteiger partial charge < -0.3 is 15.4 Å². The van der Waals surface area contributed by atoms with Crippen LogP contribution in [0.5, 0.6) is 5.75 Å². The third kappa shape index (κ3) is 3.81. The maximum Gasteiger partial charge on any atom is 0.258 e. The Labute approximate surface area is 181 Å². The lowest BCUT2D eigenvalue weighted by Gasteiger charge is -2.32. The smallest absolute Gasteiger partial charge is 0.258 e. The normalized spacial score (nSPS) is 15.6. The van der Waals surface area contributed by atoms with Gasteiger partial charge in [-0.1, -0.05) is 6.07 Å². The Bertz CT molecular complexity index is 1160. The molecule has 32 heavy (non-hydrogen) atoms. The second-order valence-corrected chi connectivity index (χ2v) is 7.34. The first-order valence-electron chi connectivity index (χ1n) is 9.88. The molecule has 4 rings (SSSR count). The molecule has 0 unspecified atom stereocenters. The third-order valence-corrected chi connectivity index (χ3v) is 5.32. The van der Waals surface area contributed by atoms with Gasteiger partial charge in [0.1, 0.15) is 36.8 Å². The van der Waals surface area contributed by atoms with Crippen LogP contribution in [-0.4, -0.2) is 40.4 Å². The topological polar surface area (TPSA) is 73.4 Å². The van der Waals surface area contributed by atoms with E-state index >= 15 is 0 Å². The summed E-state index contributed by atoms with van der Waals surface area (Å²) < 4.78 is 61.1. The summed E-state index contributed by atoms with van der Waals surface area (Å²) in [6.45, 7) is -0.994. The van der Waals surface area contributed by atoms with E-state index in [2.05, 4.69) is 5.10 Å². The van der Waals surface area contributed by atoms with Gasteiger partial charge in [0.25, 0.3) is 5.91 Å². The number of carbonyl (C=O) groups excluding carboxylic acids is 1. The van der Waals surface area contributed by atoms with Crippen molar-refractivity contribution in [2.45, 2.75) is 12.6 Å². The molecule has 0 saturated heterocycles. The Morgan fingerprint density at radius 3 is 2.62 bits per heavy atom. The SMILES string of the molecule is Cn1nc2c(c1-c1cc(F)cc(F)c1)CCN(C(=O)c1cccc(OCCF)c1F)[C@H]2N. The molecule has 0 spiro atoms. The zero-order valence-corrected chi connectivity index (χ0v) is 17.1. The molecule has 1 amide bonds. The summed E-state index contributed by atoms with van der Waals surface area (Å²) >= 11 is 0. The molecule has 168 valence electrons. The van der Waals surface area contributed by atoms with Crippen LogP contribution < -0.4 is 10.5 Å². The van der Waals surface area contributed by atoms with Gasteiger partial charge in [0.15, 0.2) is 11.6 Å². The summed E-state index contributed by atoms with van der Waals surface area (Å²) in [6.07, 6.45) is -0.699. The van der Waals surface area contributed by atoms with Crippen molar-refractivity contribution in [2.24, 2.45) is 12.8 Å². The highest BCUT2D eigenvalue weighted by Crippen LogP contribution is 2.35. The van der Waals surface area contributed by atoms with Crippen LogP contribution in [0.15, 0.2) is 36.4 Å². The Morgan fingerprint density at radius 1 is 1.22 bits per heavy atom. The van der Waals surface area contributed by atoms with E-state index in [4.69, 9.17) is 10.5 Å². The van der Waals surface area contributed by atoms with Crippen molar-refractivity contribution < 1.29 is 27.1 Å². The van der Waals surface area contributed by atoms with Crippen LogP contribution in [0.25, 0.3) is 11.3 Å². The molecular weight excluding hydrogens is 428 g/mol. The summed E-state index contributed by atoms with van der Waals surface area (Å²) in [7, 11) is 1.61. The van der Waals surface area contributed by atoms with Crippen molar-refractivity contribution in [1.82, 2.24) is 14.7 Å². The number of hydrogen-bond acceptors (Lipinski definition) is 4. The van der Waals surface area contributed by atoms with E-state index in [-0.39, 0.29) is 24.5 Å². The largest absolute Gasteiger partial charge is 0.488 e. The molecule has 1 aliphatic heterocycles. The van der Waals surface area contributed by atoms with E-state index in [9.17, 15) is 22.4 Å². The van der Waals surface area contributed by atoms with Crippen molar-refractivity contribution in [3.05, 3.63) is 70.7 Å².